The highest BCUT2D eigenvalue weighted by Crippen LogP contribution is 2.48. The molecule has 1 aromatic heterocycles. The quantitative estimate of drug-likeness (QED) is 0.324. The van der Waals surface area contributed by atoms with E-state index in [-0.39, 0.29) is 0 Å². The Bertz CT molecular complexity index is 1280. The van der Waals surface area contributed by atoms with Gasteiger partial charge in [-0.05, 0) is 48.0 Å². The van der Waals surface area contributed by atoms with E-state index in [1.54, 1.807) is 47.7 Å². The van der Waals surface area contributed by atoms with Crippen LogP contribution in [0.1, 0.15) is 10.4 Å². The summed E-state index contributed by atoms with van der Waals surface area (Å²) in [6.07, 6.45) is 0.791. The van der Waals surface area contributed by atoms with Crippen LogP contribution in [0.25, 0.3) is 33.4 Å². The van der Waals surface area contributed by atoms with Gasteiger partial charge in [0, 0.05) is 28.1 Å². The third-order valence-electron chi connectivity index (χ3n) is 5.46. The molecule has 0 saturated heterocycles. The number of rotatable bonds is 8. The van der Waals surface area contributed by atoms with Crippen molar-refractivity contribution in [2.24, 2.45) is 0 Å². The van der Waals surface area contributed by atoms with Crippen LogP contribution >= 0.6 is 0 Å². The Morgan fingerprint density at radius 3 is 1.85 bits per heavy atom. The smallest absolute Gasteiger partial charge is 0.203 e. The maximum absolute atomic E-state index is 12.1. The zero-order valence-corrected chi connectivity index (χ0v) is 19.1. The Balaban J connectivity index is 2.10. The van der Waals surface area contributed by atoms with E-state index >= 15 is 0 Å². The lowest BCUT2D eigenvalue weighted by molar-refractivity contribution is 0.112. The Morgan fingerprint density at radius 2 is 1.33 bits per heavy atom. The van der Waals surface area contributed by atoms with Crippen molar-refractivity contribution in [3.8, 4) is 51.2 Å². The summed E-state index contributed by atoms with van der Waals surface area (Å²) in [5.74, 6) is 3.28. The van der Waals surface area contributed by atoms with Crippen molar-refractivity contribution in [2.45, 2.75) is 0 Å². The van der Waals surface area contributed by atoms with Crippen molar-refractivity contribution in [1.29, 1.82) is 0 Å². The molecular formula is C26H24O7. The molecule has 0 aliphatic heterocycles. The summed E-state index contributed by atoms with van der Waals surface area (Å²) in [7, 11) is 7.82. The first-order valence-corrected chi connectivity index (χ1v) is 10.1. The van der Waals surface area contributed by atoms with Crippen LogP contribution in [0.4, 0.5) is 0 Å². The van der Waals surface area contributed by atoms with E-state index in [0.717, 1.165) is 28.7 Å². The Kier molecular flexibility index (Phi) is 6.13. The minimum Gasteiger partial charge on any atom is -0.497 e. The molecule has 0 unspecified atom stereocenters. The number of hydrogen-bond acceptors (Lipinski definition) is 7. The first kappa shape index (κ1) is 22.1. The summed E-state index contributed by atoms with van der Waals surface area (Å²) in [5.41, 5.74) is 3.23. The van der Waals surface area contributed by atoms with E-state index in [2.05, 4.69) is 0 Å². The van der Waals surface area contributed by atoms with Gasteiger partial charge >= 0.3 is 0 Å². The summed E-state index contributed by atoms with van der Waals surface area (Å²) in [4.78, 5) is 12.1. The van der Waals surface area contributed by atoms with Gasteiger partial charge in [-0.25, -0.2) is 0 Å². The molecule has 33 heavy (non-hydrogen) atoms. The third-order valence-corrected chi connectivity index (χ3v) is 5.46. The van der Waals surface area contributed by atoms with Gasteiger partial charge in [0.25, 0.3) is 0 Å². The molecule has 0 bridgehead atoms. The number of carbonyl (C=O) groups is 1. The zero-order valence-electron chi connectivity index (χ0n) is 19.1. The Hall–Kier alpha value is -4.13. The van der Waals surface area contributed by atoms with E-state index < -0.39 is 0 Å². The molecule has 7 nitrogen and oxygen atoms in total. The van der Waals surface area contributed by atoms with Crippen LogP contribution in [0.15, 0.2) is 52.9 Å². The molecule has 0 atom stereocenters. The molecule has 0 radical (unpaired) electrons. The van der Waals surface area contributed by atoms with Crippen LogP contribution in [0.5, 0.6) is 28.7 Å². The van der Waals surface area contributed by atoms with E-state index in [4.69, 9.17) is 28.1 Å². The van der Waals surface area contributed by atoms with Crippen molar-refractivity contribution < 1.29 is 32.9 Å². The van der Waals surface area contributed by atoms with Gasteiger partial charge in [0.2, 0.25) is 5.75 Å². The van der Waals surface area contributed by atoms with Crippen molar-refractivity contribution in [2.75, 3.05) is 35.5 Å². The molecule has 0 saturated carbocycles. The average molecular weight is 448 g/mol. The van der Waals surface area contributed by atoms with Gasteiger partial charge in [-0.2, -0.15) is 0 Å². The van der Waals surface area contributed by atoms with E-state index in [9.17, 15) is 4.79 Å². The fourth-order valence-electron chi connectivity index (χ4n) is 3.89. The highest BCUT2D eigenvalue weighted by Gasteiger charge is 2.24. The van der Waals surface area contributed by atoms with Crippen molar-refractivity contribution >= 4 is 17.3 Å². The first-order valence-electron chi connectivity index (χ1n) is 10.1. The van der Waals surface area contributed by atoms with Crippen LogP contribution in [-0.2, 0) is 0 Å². The summed E-state index contributed by atoms with van der Waals surface area (Å²) >= 11 is 0. The van der Waals surface area contributed by atoms with E-state index in [0.29, 0.717) is 45.3 Å². The summed E-state index contributed by atoms with van der Waals surface area (Å²) < 4.78 is 33.6. The number of carbonyl (C=O) groups excluding carboxylic acids is 1. The summed E-state index contributed by atoms with van der Waals surface area (Å²) in [5, 5.41) is 0.658. The maximum atomic E-state index is 12.1. The van der Waals surface area contributed by atoms with Crippen molar-refractivity contribution in [1.82, 2.24) is 0 Å². The lowest BCUT2D eigenvalue weighted by atomic mass is 9.95. The second-order valence-electron chi connectivity index (χ2n) is 7.16. The maximum Gasteiger partial charge on any atom is 0.203 e. The molecule has 0 aliphatic carbocycles. The lowest BCUT2D eigenvalue weighted by Crippen LogP contribution is -1.96. The average Bonchev–Trinajstić information content (AvgIpc) is 3.26. The number of aldehydes is 1. The highest BCUT2D eigenvalue weighted by atomic mass is 16.5. The van der Waals surface area contributed by atoms with Gasteiger partial charge in [-0.3, -0.25) is 4.79 Å². The number of hydrogen-bond donors (Lipinski definition) is 0. The first-order chi connectivity index (χ1) is 16.1. The van der Waals surface area contributed by atoms with Gasteiger partial charge in [-0.15, -0.1) is 0 Å². The predicted octanol–water partition coefficient (Wildman–Crippen LogP) is 5.62. The molecule has 0 N–H and O–H groups in total. The topological polar surface area (TPSA) is 76.4 Å². The standard InChI is InChI=1S/C26H24O7/c1-28-18-8-6-15(7-9-18)25-24(16-11-21(30-3)26(32-5)22(12-16)31-4)23-17(14-27)10-19(29-2)13-20(23)33-25/h6-14H,1-5H3. The fraction of sp³-hybridized carbons (Fsp3) is 0.192. The molecule has 0 amide bonds. The molecule has 4 rings (SSSR count). The lowest BCUT2D eigenvalue weighted by Gasteiger charge is -2.15. The Morgan fingerprint density at radius 1 is 0.697 bits per heavy atom. The zero-order chi connectivity index (χ0) is 23.5. The molecular weight excluding hydrogens is 424 g/mol. The normalized spacial score (nSPS) is 10.7. The minimum absolute atomic E-state index is 0.441. The SMILES string of the molecule is COc1ccc(-c2oc3cc(OC)cc(C=O)c3c2-c2cc(OC)c(OC)c(OC)c2)cc1. The molecule has 3 aromatic carbocycles. The number of benzene rings is 3. The van der Waals surface area contributed by atoms with Crippen LogP contribution in [0, 0.1) is 0 Å². The molecule has 7 heteroatoms. The van der Waals surface area contributed by atoms with Gasteiger partial charge in [0.1, 0.15) is 22.8 Å². The molecule has 0 aliphatic rings. The number of furan rings is 1. The predicted molar refractivity (Wildman–Crippen MR) is 125 cm³/mol. The van der Waals surface area contributed by atoms with Gasteiger partial charge in [0.15, 0.2) is 17.8 Å². The number of methoxy groups -OCH3 is 5. The molecule has 0 spiro atoms. The van der Waals surface area contributed by atoms with Gasteiger partial charge in [-0.1, -0.05) is 0 Å². The third kappa shape index (κ3) is 3.82. The molecule has 1 heterocycles. The summed E-state index contributed by atoms with van der Waals surface area (Å²) in [6, 6.07) is 14.6. The highest BCUT2D eigenvalue weighted by molar-refractivity contribution is 6.10. The molecule has 4 aromatic rings. The fourth-order valence-corrected chi connectivity index (χ4v) is 3.89. The van der Waals surface area contributed by atoms with Gasteiger partial charge < -0.3 is 28.1 Å². The van der Waals surface area contributed by atoms with Crippen LogP contribution in [0.3, 0.4) is 0 Å². The Labute approximate surface area is 191 Å². The number of fused-ring (bicyclic) bond motifs is 1. The van der Waals surface area contributed by atoms with Crippen LogP contribution in [-0.4, -0.2) is 41.8 Å². The number of ether oxygens (including phenoxy) is 5. The van der Waals surface area contributed by atoms with E-state index in [1.165, 1.54) is 0 Å². The largest absolute Gasteiger partial charge is 0.497 e. The van der Waals surface area contributed by atoms with Gasteiger partial charge in [0.05, 0.1) is 35.5 Å². The minimum atomic E-state index is 0.441. The van der Waals surface area contributed by atoms with Crippen LogP contribution in [0.2, 0.25) is 0 Å². The second-order valence-corrected chi connectivity index (χ2v) is 7.16. The summed E-state index contributed by atoms with van der Waals surface area (Å²) in [6.45, 7) is 0. The van der Waals surface area contributed by atoms with Crippen LogP contribution < -0.4 is 23.7 Å². The second kappa shape index (κ2) is 9.16. The van der Waals surface area contributed by atoms with Crippen molar-refractivity contribution in [3.05, 3.63) is 54.1 Å². The molecule has 0 fully saturated rings. The molecule has 170 valence electrons. The monoisotopic (exact) mass is 448 g/mol. The van der Waals surface area contributed by atoms with E-state index in [1.807, 2.05) is 36.4 Å². The van der Waals surface area contributed by atoms with Crippen molar-refractivity contribution in [3.63, 3.8) is 0 Å².